The summed E-state index contributed by atoms with van der Waals surface area (Å²) < 4.78 is 52.5. The number of halogens is 3. The molecular formula is C23H26F3N5O4. The van der Waals surface area contributed by atoms with Gasteiger partial charge in [-0.2, -0.15) is 13.2 Å². The van der Waals surface area contributed by atoms with Crippen LogP contribution in [0.3, 0.4) is 0 Å². The number of carbonyl (C=O) groups excluding carboxylic acids is 2. The van der Waals surface area contributed by atoms with Gasteiger partial charge >= 0.3 is 12.3 Å². The number of alkyl carbamates (subject to hydrolysis) is 1. The van der Waals surface area contributed by atoms with Crippen LogP contribution in [0.15, 0.2) is 47.2 Å². The highest BCUT2D eigenvalue weighted by Crippen LogP contribution is 2.32. The van der Waals surface area contributed by atoms with E-state index in [0.29, 0.717) is 11.3 Å². The Kier molecular flexibility index (Phi) is 7.51. The number of furan rings is 1. The molecule has 0 bridgehead atoms. The molecule has 2 aromatic heterocycles. The van der Waals surface area contributed by atoms with Crippen LogP contribution in [0.4, 0.5) is 18.0 Å². The van der Waals surface area contributed by atoms with Gasteiger partial charge in [0.2, 0.25) is 0 Å². The second-order valence-electron chi connectivity index (χ2n) is 8.85. The van der Waals surface area contributed by atoms with Crippen LogP contribution >= 0.6 is 0 Å². The molecule has 0 fully saturated rings. The fourth-order valence-electron chi connectivity index (χ4n) is 3.33. The van der Waals surface area contributed by atoms with E-state index in [2.05, 4.69) is 20.9 Å². The zero-order chi connectivity index (χ0) is 25.8. The van der Waals surface area contributed by atoms with E-state index in [1.165, 1.54) is 41.4 Å². The number of hydrogen-bond acceptors (Lipinski definition) is 6. The lowest BCUT2D eigenvalue weighted by Gasteiger charge is -2.23. The molecule has 3 aromatic rings. The van der Waals surface area contributed by atoms with E-state index in [4.69, 9.17) is 9.15 Å². The molecule has 188 valence electrons. The Hall–Kier alpha value is -3.83. The number of hydrogen-bond donors (Lipinski definition) is 2. The average molecular weight is 493 g/mol. The SMILES string of the molecule is Cn1nncc1-c1coc(C(=O)N[C@H](CNC(=O)OC(C)(C)C)Cc2ccccc2C(F)(F)F)c1. The number of carbonyl (C=O) groups is 2. The second kappa shape index (κ2) is 10.2. The van der Waals surface area contributed by atoms with Gasteiger partial charge in [-0.25, -0.2) is 9.48 Å². The number of rotatable bonds is 7. The summed E-state index contributed by atoms with van der Waals surface area (Å²) in [4.78, 5) is 25.0. The van der Waals surface area contributed by atoms with Gasteiger partial charge in [-0.05, 0) is 44.9 Å². The van der Waals surface area contributed by atoms with Gasteiger partial charge < -0.3 is 19.8 Å². The van der Waals surface area contributed by atoms with E-state index in [-0.39, 0.29) is 24.3 Å². The van der Waals surface area contributed by atoms with E-state index in [1.54, 1.807) is 27.8 Å². The zero-order valence-electron chi connectivity index (χ0n) is 19.6. The first-order valence-electron chi connectivity index (χ1n) is 10.7. The van der Waals surface area contributed by atoms with E-state index in [9.17, 15) is 22.8 Å². The van der Waals surface area contributed by atoms with E-state index >= 15 is 0 Å². The minimum absolute atomic E-state index is 0.0302. The lowest BCUT2D eigenvalue weighted by Crippen LogP contribution is -2.46. The van der Waals surface area contributed by atoms with Gasteiger partial charge in [-0.15, -0.1) is 5.10 Å². The molecular weight excluding hydrogens is 467 g/mol. The summed E-state index contributed by atoms with van der Waals surface area (Å²) in [7, 11) is 1.67. The highest BCUT2D eigenvalue weighted by Gasteiger charge is 2.33. The van der Waals surface area contributed by atoms with Crippen molar-refractivity contribution in [3.05, 3.63) is 59.7 Å². The molecule has 0 unspecified atom stereocenters. The maximum atomic E-state index is 13.5. The fourth-order valence-corrected chi connectivity index (χ4v) is 3.33. The molecule has 2 N–H and O–H groups in total. The van der Waals surface area contributed by atoms with Crippen LogP contribution < -0.4 is 10.6 Å². The third-order valence-electron chi connectivity index (χ3n) is 4.85. The molecule has 0 spiro atoms. The van der Waals surface area contributed by atoms with Crippen LogP contribution in [0.25, 0.3) is 11.3 Å². The van der Waals surface area contributed by atoms with Gasteiger partial charge in [0.1, 0.15) is 11.9 Å². The first kappa shape index (κ1) is 25.8. The zero-order valence-corrected chi connectivity index (χ0v) is 19.6. The number of nitrogens with zero attached hydrogens (tertiary/aromatic N) is 3. The summed E-state index contributed by atoms with van der Waals surface area (Å²) >= 11 is 0. The monoisotopic (exact) mass is 493 g/mol. The Labute approximate surface area is 199 Å². The number of amides is 2. The van der Waals surface area contributed by atoms with Gasteiger partial charge in [0.05, 0.1) is 23.5 Å². The minimum Gasteiger partial charge on any atom is -0.458 e. The summed E-state index contributed by atoms with van der Waals surface area (Å²) in [5.74, 6) is -0.723. The van der Waals surface area contributed by atoms with Crippen molar-refractivity contribution >= 4 is 12.0 Å². The van der Waals surface area contributed by atoms with Crippen LogP contribution in [0.1, 0.15) is 42.5 Å². The summed E-state index contributed by atoms with van der Waals surface area (Å²) in [6.45, 7) is 4.86. The number of aryl methyl sites for hydroxylation is 1. The Morgan fingerprint density at radius 3 is 2.54 bits per heavy atom. The predicted molar refractivity (Wildman–Crippen MR) is 119 cm³/mol. The van der Waals surface area contributed by atoms with E-state index in [0.717, 1.165) is 6.07 Å². The number of benzene rings is 1. The van der Waals surface area contributed by atoms with Crippen LogP contribution in [-0.4, -0.2) is 45.2 Å². The van der Waals surface area contributed by atoms with Gasteiger partial charge in [0.25, 0.3) is 5.91 Å². The first-order valence-corrected chi connectivity index (χ1v) is 10.7. The van der Waals surface area contributed by atoms with Crippen molar-refractivity contribution < 1.29 is 31.9 Å². The molecule has 2 amide bonds. The molecule has 3 rings (SSSR count). The molecule has 0 aliphatic carbocycles. The van der Waals surface area contributed by atoms with Crippen LogP contribution in [-0.2, 0) is 24.4 Å². The van der Waals surface area contributed by atoms with Gasteiger partial charge in [-0.1, -0.05) is 23.4 Å². The van der Waals surface area contributed by atoms with Gasteiger partial charge in [0.15, 0.2) is 5.76 Å². The molecule has 2 heterocycles. The van der Waals surface area contributed by atoms with Crippen LogP contribution in [0.5, 0.6) is 0 Å². The molecule has 1 aromatic carbocycles. The Morgan fingerprint density at radius 2 is 1.91 bits per heavy atom. The highest BCUT2D eigenvalue weighted by atomic mass is 19.4. The molecule has 0 aliphatic heterocycles. The first-order chi connectivity index (χ1) is 16.3. The minimum atomic E-state index is -4.57. The molecule has 0 aliphatic rings. The van der Waals surface area contributed by atoms with Gasteiger partial charge in [0, 0.05) is 19.2 Å². The fraction of sp³-hybridized carbons (Fsp3) is 0.391. The van der Waals surface area contributed by atoms with E-state index < -0.39 is 35.4 Å². The molecule has 0 saturated carbocycles. The van der Waals surface area contributed by atoms with E-state index in [1.807, 2.05) is 0 Å². The average Bonchev–Trinajstić information content (AvgIpc) is 3.39. The number of ether oxygens (including phenoxy) is 1. The Balaban J connectivity index is 1.79. The summed E-state index contributed by atoms with van der Waals surface area (Å²) in [6, 6.07) is 5.63. The van der Waals surface area contributed by atoms with Crippen molar-refractivity contribution in [2.24, 2.45) is 7.05 Å². The Bertz CT molecular complexity index is 1180. The van der Waals surface area contributed by atoms with Crippen molar-refractivity contribution in [1.82, 2.24) is 25.6 Å². The van der Waals surface area contributed by atoms with Crippen LogP contribution in [0, 0.1) is 0 Å². The third kappa shape index (κ3) is 7.08. The lowest BCUT2D eigenvalue weighted by atomic mass is 9.99. The largest absolute Gasteiger partial charge is 0.458 e. The number of nitrogens with one attached hydrogen (secondary N) is 2. The molecule has 1 atom stereocenters. The maximum absolute atomic E-state index is 13.5. The summed E-state index contributed by atoms with van der Waals surface area (Å²) in [5, 5.41) is 12.7. The van der Waals surface area contributed by atoms with Gasteiger partial charge in [-0.3, -0.25) is 4.79 Å². The van der Waals surface area contributed by atoms with Crippen molar-refractivity contribution in [1.29, 1.82) is 0 Å². The lowest BCUT2D eigenvalue weighted by molar-refractivity contribution is -0.138. The quantitative estimate of drug-likeness (QED) is 0.516. The van der Waals surface area contributed by atoms with Crippen molar-refractivity contribution in [3.63, 3.8) is 0 Å². The van der Waals surface area contributed by atoms with Crippen molar-refractivity contribution in [2.75, 3.05) is 6.54 Å². The van der Waals surface area contributed by atoms with Crippen LogP contribution in [0.2, 0.25) is 0 Å². The molecule has 12 heteroatoms. The highest BCUT2D eigenvalue weighted by molar-refractivity contribution is 5.93. The summed E-state index contributed by atoms with van der Waals surface area (Å²) in [6.07, 6.45) is -2.69. The number of alkyl halides is 3. The van der Waals surface area contributed by atoms with Crippen molar-refractivity contribution in [2.45, 2.75) is 45.0 Å². The normalized spacial score (nSPS) is 12.8. The predicted octanol–water partition coefficient (Wildman–Crippen LogP) is 3.96. The summed E-state index contributed by atoms with van der Waals surface area (Å²) in [5.41, 5.74) is -0.460. The number of aromatic nitrogens is 3. The molecule has 0 radical (unpaired) electrons. The molecule has 0 saturated heterocycles. The topological polar surface area (TPSA) is 111 Å². The maximum Gasteiger partial charge on any atom is 0.416 e. The molecule has 9 nitrogen and oxygen atoms in total. The third-order valence-corrected chi connectivity index (χ3v) is 4.85. The standard InChI is InChI=1S/C23H26F3N5O4/c1-22(2,3)35-21(33)27-11-16(9-14-7-5-6-8-17(14)23(24,25)26)29-20(32)19-10-15(13-34-19)18-12-28-30-31(18)4/h5-8,10,12-13,16H,9,11H2,1-4H3,(H,27,33)(H,29,32)/t16-/m0/s1. The Morgan fingerprint density at radius 1 is 1.20 bits per heavy atom. The smallest absolute Gasteiger partial charge is 0.416 e. The van der Waals surface area contributed by atoms with Crippen molar-refractivity contribution in [3.8, 4) is 11.3 Å². The second-order valence-corrected chi connectivity index (χ2v) is 8.85. The molecule has 35 heavy (non-hydrogen) atoms.